The van der Waals surface area contributed by atoms with Crippen LogP contribution in [0.25, 0.3) is 0 Å². The third kappa shape index (κ3) is 1.90. The van der Waals surface area contributed by atoms with Gasteiger partial charge in [-0.1, -0.05) is 45.4 Å². The van der Waals surface area contributed by atoms with E-state index in [1.54, 1.807) is 0 Å². The normalized spacial score (nSPS) is 37.4. The summed E-state index contributed by atoms with van der Waals surface area (Å²) in [5, 5.41) is 0. The lowest BCUT2D eigenvalue weighted by Crippen LogP contribution is -2.29. The van der Waals surface area contributed by atoms with E-state index in [2.05, 4.69) is 13.8 Å². The van der Waals surface area contributed by atoms with Crippen LogP contribution in [-0.4, -0.2) is 12.2 Å². The first kappa shape index (κ1) is 9.51. The van der Waals surface area contributed by atoms with E-state index in [4.69, 9.17) is 4.74 Å². The Morgan fingerprint density at radius 3 is 2.38 bits per heavy atom. The number of hydrogen-bond acceptors (Lipinski definition) is 1. The summed E-state index contributed by atoms with van der Waals surface area (Å²) in [6.07, 6.45) is 8.59. The fourth-order valence-electron chi connectivity index (χ4n) is 3.13. The molecule has 13 heavy (non-hydrogen) atoms. The van der Waals surface area contributed by atoms with Gasteiger partial charge >= 0.3 is 0 Å². The van der Waals surface area contributed by atoms with Gasteiger partial charge < -0.3 is 4.74 Å². The van der Waals surface area contributed by atoms with E-state index in [-0.39, 0.29) is 5.60 Å². The minimum Gasteiger partial charge on any atom is -0.370 e. The van der Waals surface area contributed by atoms with Crippen molar-refractivity contribution in [2.45, 2.75) is 58.0 Å². The molecule has 1 heterocycles. The Morgan fingerprint density at radius 1 is 1.31 bits per heavy atom. The molecule has 0 aromatic heterocycles. The van der Waals surface area contributed by atoms with Crippen LogP contribution in [0.15, 0.2) is 0 Å². The lowest BCUT2D eigenvalue weighted by Gasteiger charge is -2.32. The molecule has 0 spiro atoms. The highest BCUT2D eigenvalue weighted by molar-refractivity contribution is 4.96. The molecule has 0 aromatic rings. The van der Waals surface area contributed by atoms with E-state index < -0.39 is 0 Å². The van der Waals surface area contributed by atoms with Gasteiger partial charge in [0.25, 0.3) is 0 Å². The highest BCUT2D eigenvalue weighted by atomic mass is 16.6. The van der Waals surface area contributed by atoms with Gasteiger partial charge in [-0.2, -0.15) is 0 Å². The van der Waals surface area contributed by atoms with Gasteiger partial charge in [0.1, 0.15) is 0 Å². The molecule has 1 heteroatoms. The summed E-state index contributed by atoms with van der Waals surface area (Å²) < 4.78 is 5.60. The fraction of sp³-hybridized carbons (Fsp3) is 1.00. The van der Waals surface area contributed by atoms with Gasteiger partial charge in [0.15, 0.2) is 0 Å². The van der Waals surface area contributed by atoms with Gasteiger partial charge in [0, 0.05) is 0 Å². The molecule has 2 aliphatic rings. The number of epoxide rings is 1. The van der Waals surface area contributed by atoms with Crippen molar-refractivity contribution >= 4 is 0 Å². The van der Waals surface area contributed by atoms with E-state index in [1.807, 2.05) is 0 Å². The maximum atomic E-state index is 5.60. The van der Waals surface area contributed by atoms with E-state index in [0.717, 1.165) is 18.4 Å². The van der Waals surface area contributed by atoms with Gasteiger partial charge in [-0.25, -0.2) is 0 Å². The number of rotatable bonds is 3. The molecule has 1 nitrogen and oxygen atoms in total. The van der Waals surface area contributed by atoms with Crippen LogP contribution in [0.2, 0.25) is 0 Å². The standard InChI is InChI=1S/C12H22O/c1-3-11(12(2)9-13-12)10-7-5-4-6-8-10/h10-11H,3-9H2,1-2H3. The largest absolute Gasteiger partial charge is 0.370 e. The molecule has 0 amide bonds. The maximum absolute atomic E-state index is 5.60. The molecule has 2 atom stereocenters. The molecule has 0 bridgehead atoms. The van der Waals surface area contributed by atoms with Gasteiger partial charge in [0.2, 0.25) is 0 Å². The first-order chi connectivity index (χ1) is 6.26. The van der Waals surface area contributed by atoms with E-state index in [0.29, 0.717) is 0 Å². The summed E-state index contributed by atoms with van der Waals surface area (Å²) in [6, 6.07) is 0. The van der Waals surface area contributed by atoms with Crippen molar-refractivity contribution in [3.8, 4) is 0 Å². The van der Waals surface area contributed by atoms with Gasteiger partial charge in [0.05, 0.1) is 12.2 Å². The van der Waals surface area contributed by atoms with Crippen LogP contribution in [0.4, 0.5) is 0 Å². The third-order valence-electron chi connectivity index (χ3n) is 4.04. The molecule has 0 N–H and O–H groups in total. The quantitative estimate of drug-likeness (QED) is 0.610. The zero-order chi connectivity index (χ0) is 9.31. The van der Waals surface area contributed by atoms with E-state index in [9.17, 15) is 0 Å². The van der Waals surface area contributed by atoms with E-state index >= 15 is 0 Å². The van der Waals surface area contributed by atoms with Crippen LogP contribution in [-0.2, 0) is 4.74 Å². The Kier molecular flexibility index (Phi) is 2.64. The Hall–Kier alpha value is -0.0400. The van der Waals surface area contributed by atoms with Crippen molar-refractivity contribution in [1.29, 1.82) is 0 Å². The SMILES string of the molecule is CCC(C1CCCCC1)C1(C)CO1. The Labute approximate surface area is 81.9 Å². The third-order valence-corrected chi connectivity index (χ3v) is 4.04. The first-order valence-corrected chi connectivity index (χ1v) is 5.90. The maximum Gasteiger partial charge on any atom is 0.0919 e. The number of ether oxygens (including phenoxy) is 1. The monoisotopic (exact) mass is 182 g/mol. The topological polar surface area (TPSA) is 12.5 Å². The van der Waals surface area contributed by atoms with E-state index in [1.165, 1.54) is 38.5 Å². The molecular formula is C12H22O. The van der Waals surface area contributed by atoms with Gasteiger partial charge in [-0.05, 0) is 18.8 Å². The van der Waals surface area contributed by atoms with Crippen molar-refractivity contribution < 1.29 is 4.74 Å². The smallest absolute Gasteiger partial charge is 0.0919 e. The van der Waals surface area contributed by atoms with Crippen LogP contribution in [0.1, 0.15) is 52.4 Å². The molecule has 0 aromatic carbocycles. The van der Waals surface area contributed by atoms with Crippen LogP contribution >= 0.6 is 0 Å². The number of hydrogen-bond donors (Lipinski definition) is 0. The summed E-state index contributed by atoms with van der Waals surface area (Å²) in [5.41, 5.74) is 0.275. The van der Waals surface area contributed by atoms with Gasteiger partial charge in [-0.15, -0.1) is 0 Å². The zero-order valence-electron chi connectivity index (χ0n) is 9.01. The summed E-state index contributed by atoms with van der Waals surface area (Å²) in [4.78, 5) is 0. The Morgan fingerprint density at radius 2 is 1.92 bits per heavy atom. The van der Waals surface area contributed by atoms with Crippen molar-refractivity contribution in [3.63, 3.8) is 0 Å². The minimum atomic E-state index is 0.275. The lowest BCUT2D eigenvalue weighted by molar-refractivity contribution is 0.137. The van der Waals surface area contributed by atoms with Gasteiger partial charge in [-0.3, -0.25) is 0 Å². The molecule has 0 radical (unpaired) electrons. The predicted octanol–water partition coefficient (Wildman–Crippen LogP) is 3.38. The molecule has 1 saturated heterocycles. The molecule has 2 unspecified atom stereocenters. The van der Waals surface area contributed by atoms with Crippen molar-refractivity contribution in [1.82, 2.24) is 0 Å². The fourth-order valence-corrected chi connectivity index (χ4v) is 3.13. The van der Waals surface area contributed by atoms with Crippen LogP contribution in [0, 0.1) is 11.8 Å². The molecule has 1 aliphatic heterocycles. The highest BCUT2D eigenvalue weighted by Crippen LogP contribution is 2.45. The summed E-state index contributed by atoms with van der Waals surface area (Å²) in [7, 11) is 0. The average molecular weight is 182 g/mol. The lowest BCUT2D eigenvalue weighted by atomic mass is 9.73. The van der Waals surface area contributed by atoms with Crippen LogP contribution < -0.4 is 0 Å². The molecular weight excluding hydrogens is 160 g/mol. The van der Waals surface area contributed by atoms with Crippen LogP contribution in [0.3, 0.4) is 0 Å². The predicted molar refractivity (Wildman–Crippen MR) is 54.7 cm³/mol. The highest BCUT2D eigenvalue weighted by Gasteiger charge is 2.48. The summed E-state index contributed by atoms with van der Waals surface area (Å²) in [5.74, 6) is 1.80. The van der Waals surface area contributed by atoms with Crippen molar-refractivity contribution in [2.24, 2.45) is 11.8 Å². The van der Waals surface area contributed by atoms with Crippen molar-refractivity contribution in [3.05, 3.63) is 0 Å². The molecule has 76 valence electrons. The Bertz CT molecular complexity index is 166. The second-order valence-corrected chi connectivity index (χ2v) is 5.01. The molecule has 2 fully saturated rings. The second kappa shape index (κ2) is 3.61. The van der Waals surface area contributed by atoms with Crippen molar-refractivity contribution in [2.75, 3.05) is 6.61 Å². The molecule has 2 rings (SSSR count). The molecule has 1 saturated carbocycles. The Balaban J connectivity index is 1.94. The first-order valence-electron chi connectivity index (χ1n) is 5.90. The minimum absolute atomic E-state index is 0.275. The van der Waals surface area contributed by atoms with Crippen LogP contribution in [0.5, 0.6) is 0 Å². The average Bonchev–Trinajstić information content (AvgIpc) is 2.87. The zero-order valence-corrected chi connectivity index (χ0v) is 9.01. The molecule has 1 aliphatic carbocycles. The second-order valence-electron chi connectivity index (χ2n) is 5.01. The summed E-state index contributed by atoms with van der Waals surface area (Å²) >= 11 is 0. The summed E-state index contributed by atoms with van der Waals surface area (Å²) in [6.45, 7) is 5.64.